The van der Waals surface area contributed by atoms with Crippen molar-refractivity contribution in [3.63, 3.8) is 0 Å². The molecule has 0 nitrogen and oxygen atoms in total. The first kappa shape index (κ1) is 11.1. The van der Waals surface area contributed by atoms with E-state index in [1.807, 2.05) is 0 Å². The molecule has 0 amide bonds. The molecule has 8 heavy (non-hydrogen) atoms. The van der Waals surface area contributed by atoms with Crippen LogP contribution in [0.1, 0.15) is 0 Å². The van der Waals surface area contributed by atoms with Crippen LogP contribution in [0.3, 0.4) is 0 Å². The molecule has 0 spiro atoms. The van der Waals surface area contributed by atoms with Gasteiger partial charge in [0, 0.05) is 0 Å². The molecule has 0 aliphatic heterocycles. The number of hydrogen-bond acceptors (Lipinski definition) is 0. The van der Waals surface area contributed by atoms with Crippen molar-refractivity contribution in [3.05, 3.63) is 0 Å². The lowest BCUT2D eigenvalue weighted by atomic mass is 10.5. The third-order valence-electron chi connectivity index (χ3n) is 0. The Morgan fingerprint density at radius 3 is 1.00 bits per heavy atom. The van der Waals surface area contributed by atoms with Crippen LogP contribution in [0.2, 0.25) is 0 Å². The molecule has 0 aromatic heterocycles. The van der Waals surface area contributed by atoms with E-state index in [9.17, 15) is 12.9 Å². The fraction of sp³-hybridized carbons (Fsp3) is 1.00. The lowest BCUT2D eigenvalue weighted by Crippen LogP contribution is -1.76. The second kappa shape index (κ2) is 7.28. The normalized spacial score (nSPS) is 7.88. The second-order valence-corrected chi connectivity index (χ2v) is 4.27. The van der Waals surface area contributed by atoms with Gasteiger partial charge < -0.3 is 0 Å². The third-order valence-corrected chi connectivity index (χ3v) is 0. The highest BCUT2D eigenvalue weighted by Crippen LogP contribution is 2.14. The van der Waals surface area contributed by atoms with Crippen LogP contribution in [-0.4, -0.2) is 27.5 Å². The van der Waals surface area contributed by atoms with E-state index in [1.165, 1.54) is 0 Å². The fourth-order valence-electron chi connectivity index (χ4n) is 0. The molecular formula is C3H9BF3P. The van der Waals surface area contributed by atoms with E-state index in [1.54, 1.807) is 0 Å². The van der Waals surface area contributed by atoms with Gasteiger partial charge in [-0.1, -0.05) is 0 Å². The van der Waals surface area contributed by atoms with Crippen LogP contribution in [-0.2, 0) is 0 Å². The summed E-state index contributed by atoms with van der Waals surface area (Å²) in [6.07, 6.45) is 0. The van der Waals surface area contributed by atoms with Crippen LogP contribution in [0.4, 0.5) is 12.9 Å². The van der Waals surface area contributed by atoms with Crippen LogP contribution >= 0.6 is 7.92 Å². The van der Waals surface area contributed by atoms with Gasteiger partial charge in [0.25, 0.3) is 0 Å². The summed E-state index contributed by atoms with van der Waals surface area (Å²) in [5.74, 6) is 0. The summed E-state index contributed by atoms with van der Waals surface area (Å²) in [6, 6.07) is 0. The number of hydrogen-bond donors (Lipinski definition) is 0. The summed E-state index contributed by atoms with van der Waals surface area (Å²) in [6.45, 7) is 6.69. The zero-order chi connectivity index (χ0) is 7.15. The van der Waals surface area contributed by atoms with Gasteiger partial charge >= 0.3 is 7.54 Å². The molecular weight excluding hydrogens is 135 g/mol. The molecule has 0 aromatic rings. The van der Waals surface area contributed by atoms with Crippen molar-refractivity contribution in [1.82, 2.24) is 0 Å². The van der Waals surface area contributed by atoms with E-state index in [-0.39, 0.29) is 0 Å². The van der Waals surface area contributed by atoms with Crippen molar-refractivity contribution in [1.29, 1.82) is 0 Å². The minimum atomic E-state index is -3.67. The standard InChI is InChI=1S/C3H9P.BF3/c1-4(2)3;2-1(3)4/h1-3H3;. The van der Waals surface area contributed by atoms with E-state index in [4.69, 9.17) is 0 Å². The molecule has 0 bridgehead atoms. The Bertz CT molecular complexity index is 30.0. The van der Waals surface area contributed by atoms with E-state index < -0.39 is 7.54 Å². The summed E-state index contributed by atoms with van der Waals surface area (Å²) in [5.41, 5.74) is 0. The summed E-state index contributed by atoms with van der Waals surface area (Å²) < 4.78 is 29.0. The van der Waals surface area contributed by atoms with Gasteiger partial charge in [0.15, 0.2) is 0 Å². The first-order valence-electron chi connectivity index (χ1n) is 2.00. The molecule has 0 aliphatic rings. The Balaban J connectivity index is 0. The molecule has 0 N–H and O–H groups in total. The lowest BCUT2D eigenvalue weighted by molar-refractivity contribution is 0.535. The van der Waals surface area contributed by atoms with Crippen LogP contribution in [0, 0.1) is 0 Å². The molecule has 5 heteroatoms. The van der Waals surface area contributed by atoms with Crippen molar-refractivity contribution < 1.29 is 12.9 Å². The molecule has 0 saturated heterocycles. The van der Waals surface area contributed by atoms with Gasteiger partial charge in [0.1, 0.15) is 0 Å². The lowest BCUT2D eigenvalue weighted by Gasteiger charge is -1.81. The second-order valence-electron chi connectivity index (χ2n) is 1.59. The smallest absolute Gasteiger partial charge is 0.254 e. The van der Waals surface area contributed by atoms with Crippen LogP contribution in [0.25, 0.3) is 0 Å². The molecule has 50 valence electrons. The monoisotopic (exact) mass is 144 g/mol. The Labute approximate surface area is 49.4 Å². The van der Waals surface area contributed by atoms with Gasteiger partial charge in [0.2, 0.25) is 0 Å². The van der Waals surface area contributed by atoms with E-state index >= 15 is 0 Å². The van der Waals surface area contributed by atoms with Gasteiger partial charge in [-0.05, 0) is 20.0 Å². The predicted octanol–water partition coefficient (Wildman–Crippen LogP) is 2.24. The van der Waals surface area contributed by atoms with E-state index in [0.717, 1.165) is 0 Å². The van der Waals surface area contributed by atoms with Gasteiger partial charge in [0.05, 0.1) is 0 Å². The van der Waals surface area contributed by atoms with Crippen molar-refractivity contribution in [2.75, 3.05) is 20.0 Å². The van der Waals surface area contributed by atoms with Gasteiger partial charge in [-0.2, -0.15) is 0 Å². The van der Waals surface area contributed by atoms with Crippen LogP contribution in [0.15, 0.2) is 0 Å². The molecule has 0 saturated carbocycles. The van der Waals surface area contributed by atoms with Gasteiger partial charge in [-0.3, -0.25) is 12.9 Å². The highest BCUT2D eigenvalue weighted by Gasteiger charge is 2.06. The first-order chi connectivity index (χ1) is 3.46. The zero-order valence-corrected chi connectivity index (χ0v) is 6.05. The quantitative estimate of drug-likeness (QED) is 0.361. The van der Waals surface area contributed by atoms with Crippen LogP contribution in [0.5, 0.6) is 0 Å². The first-order valence-corrected chi connectivity index (χ1v) is 4.68. The maximum Gasteiger partial charge on any atom is 0.762 e. The molecule has 0 heterocycles. The van der Waals surface area contributed by atoms with Crippen molar-refractivity contribution in [3.8, 4) is 0 Å². The Morgan fingerprint density at radius 2 is 1.00 bits per heavy atom. The largest absolute Gasteiger partial charge is 0.762 e. The molecule has 0 rings (SSSR count). The van der Waals surface area contributed by atoms with Crippen molar-refractivity contribution >= 4 is 15.5 Å². The highest BCUT2D eigenvalue weighted by atomic mass is 31.1. The Hall–Kier alpha value is 0.285. The third kappa shape index (κ3) is 2160. The topological polar surface area (TPSA) is 0 Å². The predicted molar refractivity (Wildman–Crippen MR) is 33.8 cm³/mol. The maximum absolute atomic E-state index is 9.67. The van der Waals surface area contributed by atoms with Crippen molar-refractivity contribution in [2.24, 2.45) is 0 Å². The average molecular weight is 144 g/mol. The summed E-state index contributed by atoms with van der Waals surface area (Å²) in [4.78, 5) is 0. The van der Waals surface area contributed by atoms with Gasteiger partial charge in [-0.15, -0.1) is 7.92 Å². The van der Waals surface area contributed by atoms with Crippen LogP contribution < -0.4 is 0 Å². The summed E-state index contributed by atoms with van der Waals surface area (Å²) in [5, 5.41) is 0. The fourth-order valence-corrected chi connectivity index (χ4v) is 0. The molecule has 0 radical (unpaired) electrons. The SMILES string of the molecule is CP(C)C.FB(F)F. The molecule has 0 atom stereocenters. The van der Waals surface area contributed by atoms with Crippen molar-refractivity contribution in [2.45, 2.75) is 0 Å². The minimum Gasteiger partial charge on any atom is -0.254 e. The molecule has 0 aliphatic carbocycles. The minimum absolute atomic E-state index is 0.380. The molecule has 0 fully saturated rings. The number of rotatable bonds is 0. The van der Waals surface area contributed by atoms with Gasteiger partial charge in [-0.25, -0.2) is 0 Å². The Kier molecular flexibility index (Phi) is 10.1. The van der Waals surface area contributed by atoms with E-state index in [2.05, 4.69) is 20.0 Å². The highest BCUT2D eigenvalue weighted by molar-refractivity contribution is 7.55. The summed E-state index contributed by atoms with van der Waals surface area (Å²) >= 11 is 0. The molecule has 0 aromatic carbocycles. The number of halogens is 3. The zero-order valence-electron chi connectivity index (χ0n) is 5.16. The Morgan fingerprint density at radius 1 is 1.00 bits per heavy atom. The average Bonchev–Trinajstić information content (AvgIpc) is 1.25. The van der Waals surface area contributed by atoms with E-state index in [0.29, 0.717) is 7.92 Å². The maximum atomic E-state index is 9.67. The summed E-state index contributed by atoms with van der Waals surface area (Å²) in [7, 11) is -3.29. The molecule has 0 unspecified atom stereocenters.